The molecule has 1 aromatic rings. The van der Waals surface area contributed by atoms with Crippen LogP contribution in [0.4, 0.5) is 0 Å². The summed E-state index contributed by atoms with van der Waals surface area (Å²) >= 11 is 0. The lowest BCUT2D eigenvalue weighted by Gasteiger charge is -2.09. The van der Waals surface area contributed by atoms with Crippen molar-refractivity contribution in [3.8, 4) is 0 Å². The van der Waals surface area contributed by atoms with E-state index in [1.165, 1.54) is 36.0 Å². The van der Waals surface area contributed by atoms with Gasteiger partial charge < -0.3 is 16.2 Å². The Bertz CT molecular complexity index is 365. The van der Waals surface area contributed by atoms with Gasteiger partial charge in [-0.05, 0) is 48.9 Å². The smallest absolute Gasteiger partial charge is 0.0786 e. The number of rotatable bonds is 6. The van der Waals surface area contributed by atoms with Crippen molar-refractivity contribution in [3.63, 3.8) is 0 Å². The van der Waals surface area contributed by atoms with Crippen molar-refractivity contribution < 1.29 is 5.11 Å². The van der Waals surface area contributed by atoms with Crippen molar-refractivity contribution in [2.75, 3.05) is 19.6 Å². The van der Waals surface area contributed by atoms with Crippen LogP contribution in [0.25, 0.3) is 0 Å². The predicted octanol–water partition coefficient (Wildman–Crippen LogP) is 0.627. The normalized spacial score (nSPS) is 15.9. The van der Waals surface area contributed by atoms with Crippen LogP contribution in [-0.4, -0.2) is 30.8 Å². The van der Waals surface area contributed by atoms with Crippen LogP contribution in [0, 0.1) is 0 Å². The number of benzene rings is 1. The molecule has 4 N–H and O–H groups in total. The van der Waals surface area contributed by atoms with Crippen molar-refractivity contribution in [2.24, 2.45) is 5.73 Å². The number of fused-ring (bicyclic) bond motifs is 1. The first-order chi connectivity index (χ1) is 8.29. The average Bonchev–Trinajstić information content (AvgIpc) is 2.81. The molecule has 0 radical (unpaired) electrons. The minimum Gasteiger partial charge on any atom is -0.390 e. The van der Waals surface area contributed by atoms with Gasteiger partial charge in [0.15, 0.2) is 0 Å². The van der Waals surface area contributed by atoms with Gasteiger partial charge in [-0.1, -0.05) is 18.2 Å². The summed E-state index contributed by atoms with van der Waals surface area (Å²) in [7, 11) is 0. The van der Waals surface area contributed by atoms with Gasteiger partial charge in [0.05, 0.1) is 6.10 Å². The summed E-state index contributed by atoms with van der Waals surface area (Å²) in [5.41, 5.74) is 9.79. The highest BCUT2D eigenvalue weighted by atomic mass is 16.3. The summed E-state index contributed by atoms with van der Waals surface area (Å²) in [6.45, 7) is 1.81. The lowest BCUT2D eigenvalue weighted by Crippen LogP contribution is -2.33. The summed E-state index contributed by atoms with van der Waals surface area (Å²) < 4.78 is 0. The molecular formula is C14H22N2O. The standard InChI is InChI=1S/C14H22N2O/c15-9-14(17)10-16-7-6-11-4-5-12-2-1-3-13(12)8-11/h4-5,8,14,16-17H,1-3,6-7,9-10,15H2. The van der Waals surface area contributed by atoms with Crippen LogP contribution in [0.2, 0.25) is 0 Å². The summed E-state index contributed by atoms with van der Waals surface area (Å²) in [6, 6.07) is 6.83. The molecule has 1 aromatic carbocycles. The second-order valence-electron chi connectivity index (χ2n) is 4.80. The zero-order valence-electron chi connectivity index (χ0n) is 10.3. The SMILES string of the molecule is NCC(O)CNCCc1ccc2c(c1)CCC2. The molecule has 0 spiro atoms. The highest BCUT2D eigenvalue weighted by Gasteiger charge is 2.10. The molecule has 2 rings (SSSR count). The Morgan fingerprint density at radius 3 is 2.94 bits per heavy atom. The number of nitrogens with one attached hydrogen (secondary N) is 1. The van der Waals surface area contributed by atoms with Gasteiger partial charge in [-0.25, -0.2) is 0 Å². The number of aliphatic hydroxyl groups is 1. The van der Waals surface area contributed by atoms with E-state index in [1.54, 1.807) is 0 Å². The zero-order chi connectivity index (χ0) is 12.1. The lowest BCUT2D eigenvalue weighted by molar-refractivity contribution is 0.180. The van der Waals surface area contributed by atoms with Crippen LogP contribution in [-0.2, 0) is 19.3 Å². The van der Waals surface area contributed by atoms with Crippen LogP contribution in [0.3, 0.4) is 0 Å². The van der Waals surface area contributed by atoms with Crippen molar-refractivity contribution in [1.29, 1.82) is 0 Å². The number of aliphatic hydroxyl groups excluding tert-OH is 1. The molecule has 1 aliphatic carbocycles. The van der Waals surface area contributed by atoms with E-state index in [1.807, 2.05) is 0 Å². The lowest BCUT2D eigenvalue weighted by atomic mass is 10.0. The molecule has 0 saturated heterocycles. The van der Waals surface area contributed by atoms with Gasteiger partial charge in [0.1, 0.15) is 0 Å². The number of hydrogen-bond acceptors (Lipinski definition) is 3. The second-order valence-corrected chi connectivity index (χ2v) is 4.80. The second kappa shape index (κ2) is 6.15. The number of aryl methyl sites for hydroxylation is 2. The van der Waals surface area contributed by atoms with E-state index in [2.05, 4.69) is 23.5 Å². The number of hydrogen-bond donors (Lipinski definition) is 3. The molecule has 3 heteroatoms. The predicted molar refractivity (Wildman–Crippen MR) is 70.1 cm³/mol. The Kier molecular flexibility index (Phi) is 4.54. The Morgan fingerprint density at radius 1 is 1.29 bits per heavy atom. The van der Waals surface area contributed by atoms with Gasteiger partial charge in [0.2, 0.25) is 0 Å². The highest BCUT2D eigenvalue weighted by Crippen LogP contribution is 2.22. The molecule has 0 heterocycles. The highest BCUT2D eigenvalue weighted by molar-refractivity contribution is 5.35. The third kappa shape index (κ3) is 3.53. The molecular weight excluding hydrogens is 212 g/mol. The van der Waals surface area contributed by atoms with Gasteiger partial charge in [-0.3, -0.25) is 0 Å². The van der Waals surface area contributed by atoms with E-state index < -0.39 is 6.10 Å². The zero-order valence-corrected chi connectivity index (χ0v) is 10.3. The fraction of sp³-hybridized carbons (Fsp3) is 0.571. The van der Waals surface area contributed by atoms with E-state index in [9.17, 15) is 5.11 Å². The Balaban J connectivity index is 1.76. The summed E-state index contributed by atoms with van der Waals surface area (Å²) in [4.78, 5) is 0. The van der Waals surface area contributed by atoms with Gasteiger partial charge >= 0.3 is 0 Å². The van der Waals surface area contributed by atoms with Gasteiger partial charge in [-0.2, -0.15) is 0 Å². The van der Waals surface area contributed by atoms with Crippen LogP contribution in [0.15, 0.2) is 18.2 Å². The maximum Gasteiger partial charge on any atom is 0.0786 e. The summed E-state index contributed by atoms with van der Waals surface area (Å²) in [6.07, 6.45) is 4.39. The minimum atomic E-state index is -0.421. The van der Waals surface area contributed by atoms with E-state index in [-0.39, 0.29) is 0 Å². The molecule has 94 valence electrons. The molecule has 0 fully saturated rings. The topological polar surface area (TPSA) is 58.3 Å². The fourth-order valence-corrected chi connectivity index (χ4v) is 2.37. The first-order valence-electron chi connectivity index (χ1n) is 6.49. The van der Waals surface area contributed by atoms with Crippen molar-refractivity contribution >= 4 is 0 Å². The molecule has 1 atom stereocenters. The summed E-state index contributed by atoms with van der Waals surface area (Å²) in [5.74, 6) is 0. The monoisotopic (exact) mass is 234 g/mol. The molecule has 0 saturated carbocycles. The molecule has 0 amide bonds. The minimum absolute atomic E-state index is 0.325. The third-order valence-corrected chi connectivity index (χ3v) is 3.41. The van der Waals surface area contributed by atoms with Crippen LogP contribution < -0.4 is 11.1 Å². The van der Waals surface area contributed by atoms with Crippen molar-refractivity contribution in [1.82, 2.24) is 5.32 Å². The quantitative estimate of drug-likeness (QED) is 0.633. The first-order valence-corrected chi connectivity index (χ1v) is 6.49. The van der Waals surface area contributed by atoms with E-state index in [0.717, 1.165) is 13.0 Å². The van der Waals surface area contributed by atoms with Gasteiger partial charge in [0, 0.05) is 13.1 Å². The Hall–Kier alpha value is -0.900. The van der Waals surface area contributed by atoms with Gasteiger partial charge in [0.25, 0.3) is 0 Å². The first kappa shape index (κ1) is 12.6. The van der Waals surface area contributed by atoms with E-state index in [4.69, 9.17) is 5.73 Å². The molecule has 17 heavy (non-hydrogen) atoms. The van der Waals surface area contributed by atoms with Crippen molar-refractivity contribution in [3.05, 3.63) is 34.9 Å². The molecule has 1 unspecified atom stereocenters. The van der Waals surface area contributed by atoms with Crippen LogP contribution >= 0.6 is 0 Å². The van der Waals surface area contributed by atoms with Crippen molar-refractivity contribution in [2.45, 2.75) is 31.8 Å². The maximum atomic E-state index is 9.29. The molecule has 3 nitrogen and oxygen atoms in total. The average molecular weight is 234 g/mol. The summed E-state index contributed by atoms with van der Waals surface area (Å²) in [5, 5.41) is 12.5. The van der Waals surface area contributed by atoms with Crippen LogP contribution in [0.5, 0.6) is 0 Å². The molecule has 0 bridgehead atoms. The van der Waals surface area contributed by atoms with E-state index in [0.29, 0.717) is 13.1 Å². The molecule has 0 aromatic heterocycles. The molecule has 0 aliphatic heterocycles. The third-order valence-electron chi connectivity index (χ3n) is 3.41. The van der Waals surface area contributed by atoms with E-state index >= 15 is 0 Å². The van der Waals surface area contributed by atoms with Gasteiger partial charge in [-0.15, -0.1) is 0 Å². The molecule has 1 aliphatic rings. The fourth-order valence-electron chi connectivity index (χ4n) is 2.37. The van der Waals surface area contributed by atoms with Crippen LogP contribution in [0.1, 0.15) is 23.1 Å². The maximum absolute atomic E-state index is 9.29. The Morgan fingerprint density at radius 2 is 2.12 bits per heavy atom. The Labute approximate surface area is 103 Å². The largest absolute Gasteiger partial charge is 0.390 e. The number of nitrogens with two attached hydrogens (primary N) is 1.